The van der Waals surface area contributed by atoms with Crippen LogP contribution in [0.2, 0.25) is 25.2 Å². The van der Waals surface area contributed by atoms with E-state index in [9.17, 15) is 22.0 Å². The van der Waals surface area contributed by atoms with Gasteiger partial charge in [0.15, 0.2) is 11.6 Å². The predicted octanol–water partition coefficient (Wildman–Crippen LogP) is 11.6. The molecule has 0 saturated heterocycles. The van der Waals surface area contributed by atoms with Gasteiger partial charge in [-0.1, -0.05) is 107 Å². The van der Waals surface area contributed by atoms with E-state index < -0.39 is 32.3 Å². The van der Waals surface area contributed by atoms with E-state index in [-0.39, 0.29) is 24.0 Å². The van der Waals surface area contributed by atoms with Crippen LogP contribution in [0, 0.1) is 11.6 Å². The Balaban J connectivity index is 1.51. The highest BCUT2D eigenvalue weighted by Crippen LogP contribution is 2.32. The van der Waals surface area contributed by atoms with Crippen LogP contribution in [0.5, 0.6) is 5.75 Å². The van der Waals surface area contributed by atoms with Gasteiger partial charge in [0.25, 0.3) is 0 Å². The van der Waals surface area contributed by atoms with Crippen LogP contribution in [0.3, 0.4) is 0 Å². The Labute approximate surface area is 243 Å². The molecule has 0 heterocycles. The lowest BCUT2D eigenvalue weighted by Gasteiger charge is -2.23. The molecule has 0 bridgehead atoms. The minimum absolute atomic E-state index is 0.151. The standard InChI is InChI=1S/C34H43F5OSi/c1-4-5-6-7-8-11-26-12-14-27(15-13-26)28-16-18-29(19-17-28)30-20-21-31(33(36)32(30)35)40-23-9-10-24-41(2,3)25-22-34(37,38)39/h12-21H,4-11,22-25H2,1-3H3. The lowest BCUT2D eigenvalue weighted by molar-refractivity contribution is -0.130. The summed E-state index contributed by atoms with van der Waals surface area (Å²) < 4.78 is 72.8. The van der Waals surface area contributed by atoms with E-state index >= 15 is 0 Å². The number of hydrogen-bond acceptors (Lipinski definition) is 1. The molecule has 0 saturated carbocycles. The van der Waals surface area contributed by atoms with Gasteiger partial charge in [-0.25, -0.2) is 4.39 Å². The molecule has 0 aliphatic carbocycles. The first-order valence-electron chi connectivity index (χ1n) is 14.9. The summed E-state index contributed by atoms with van der Waals surface area (Å²) in [5.41, 5.74) is 4.15. The number of ether oxygens (including phenoxy) is 1. The van der Waals surface area contributed by atoms with E-state index in [1.165, 1.54) is 49.8 Å². The van der Waals surface area contributed by atoms with Gasteiger partial charge in [-0.2, -0.15) is 17.6 Å². The van der Waals surface area contributed by atoms with Gasteiger partial charge in [0.2, 0.25) is 5.82 Å². The van der Waals surface area contributed by atoms with E-state index in [0.717, 1.165) is 23.6 Å². The zero-order valence-electron chi connectivity index (χ0n) is 24.6. The van der Waals surface area contributed by atoms with Crippen molar-refractivity contribution >= 4 is 8.07 Å². The molecule has 0 fully saturated rings. The van der Waals surface area contributed by atoms with Gasteiger partial charge in [0, 0.05) is 20.1 Å². The monoisotopic (exact) mass is 590 g/mol. The zero-order chi connectivity index (χ0) is 29.9. The van der Waals surface area contributed by atoms with Gasteiger partial charge in [-0.15, -0.1) is 0 Å². The highest BCUT2D eigenvalue weighted by molar-refractivity contribution is 6.77. The number of alkyl halides is 3. The van der Waals surface area contributed by atoms with Crippen molar-refractivity contribution < 1.29 is 26.7 Å². The highest BCUT2D eigenvalue weighted by atomic mass is 28.3. The molecule has 0 aromatic heterocycles. The molecule has 0 N–H and O–H groups in total. The third-order valence-corrected chi connectivity index (χ3v) is 11.0. The van der Waals surface area contributed by atoms with Crippen molar-refractivity contribution in [3.8, 4) is 28.0 Å². The van der Waals surface area contributed by atoms with Crippen LogP contribution in [0.25, 0.3) is 22.3 Å². The Bertz CT molecular complexity index is 1200. The van der Waals surface area contributed by atoms with E-state index in [1.807, 2.05) is 25.2 Å². The third-order valence-electron chi connectivity index (χ3n) is 7.69. The minimum atomic E-state index is -4.12. The van der Waals surface area contributed by atoms with Gasteiger partial charge in [-0.05, 0) is 59.7 Å². The summed E-state index contributed by atoms with van der Waals surface area (Å²) in [7, 11) is -1.95. The largest absolute Gasteiger partial charge is 0.490 e. The minimum Gasteiger partial charge on any atom is -0.490 e. The van der Waals surface area contributed by atoms with Crippen molar-refractivity contribution in [2.24, 2.45) is 0 Å². The second-order valence-electron chi connectivity index (χ2n) is 11.8. The van der Waals surface area contributed by atoms with Crippen molar-refractivity contribution in [2.45, 2.75) is 96.1 Å². The Hall–Kier alpha value is -2.67. The van der Waals surface area contributed by atoms with Crippen LogP contribution in [-0.4, -0.2) is 20.9 Å². The maximum Gasteiger partial charge on any atom is 0.388 e. The Morgan fingerprint density at radius 1 is 0.659 bits per heavy atom. The molecule has 0 atom stereocenters. The van der Waals surface area contributed by atoms with Gasteiger partial charge in [0.1, 0.15) is 0 Å². The van der Waals surface area contributed by atoms with E-state index in [1.54, 1.807) is 12.1 Å². The summed E-state index contributed by atoms with van der Waals surface area (Å²) in [5.74, 6) is -2.14. The van der Waals surface area contributed by atoms with Gasteiger partial charge < -0.3 is 4.74 Å². The first kappa shape index (κ1) is 32.8. The Morgan fingerprint density at radius 2 is 1.27 bits per heavy atom. The molecular formula is C34H43F5OSi. The maximum atomic E-state index is 15.0. The molecule has 0 radical (unpaired) electrons. The molecule has 0 spiro atoms. The molecule has 7 heteroatoms. The van der Waals surface area contributed by atoms with Crippen molar-refractivity contribution in [1.82, 2.24) is 0 Å². The molecule has 41 heavy (non-hydrogen) atoms. The second kappa shape index (κ2) is 15.5. The average Bonchev–Trinajstić information content (AvgIpc) is 2.94. The molecule has 0 aliphatic heterocycles. The summed E-state index contributed by atoms with van der Waals surface area (Å²) in [6.07, 6.45) is 3.80. The molecule has 0 amide bonds. The van der Waals surface area contributed by atoms with Crippen molar-refractivity contribution in [2.75, 3.05) is 6.61 Å². The summed E-state index contributed by atoms with van der Waals surface area (Å²) in [6, 6.07) is 19.8. The third kappa shape index (κ3) is 10.9. The maximum absolute atomic E-state index is 15.0. The van der Waals surface area contributed by atoms with Crippen molar-refractivity contribution in [3.63, 3.8) is 0 Å². The van der Waals surface area contributed by atoms with Crippen LogP contribution < -0.4 is 4.74 Å². The van der Waals surface area contributed by atoms with Gasteiger partial charge in [0.05, 0.1) is 6.61 Å². The van der Waals surface area contributed by atoms with Crippen LogP contribution in [0.1, 0.15) is 63.9 Å². The molecule has 3 rings (SSSR count). The molecule has 3 aromatic rings. The van der Waals surface area contributed by atoms with E-state index in [0.29, 0.717) is 18.4 Å². The van der Waals surface area contributed by atoms with Crippen LogP contribution >= 0.6 is 0 Å². The molecule has 0 unspecified atom stereocenters. The van der Waals surface area contributed by atoms with Gasteiger partial charge in [-0.3, -0.25) is 0 Å². The smallest absolute Gasteiger partial charge is 0.388 e. The zero-order valence-corrected chi connectivity index (χ0v) is 25.6. The summed E-state index contributed by atoms with van der Waals surface area (Å²) in [4.78, 5) is 0. The normalized spacial score (nSPS) is 12.1. The van der Waals surface area contributed by atoms with E-state index in [2.05, 4.69) is 31.2 Å². The number of aryl methyl sites for hydroxylation is 1. The molecule has 3 aromatic carbocycles. The molecular weight excluding hydrogens is 547 g/mol. The van der Waals surface area contributed by atoms with E-state index in [4.69, 9.17) is 4.74 Å². The first-order chi connectivity index (χ1) is 19.5. The van der Waals surface area contributed by atoms with Crippen LogP contribution in [-0.2, 0) is 6.42 Å². The number of benzene rings is 3. The number of unbranched alkanes of at least 4 members (excludes halogenated alkanes) is 5. The van der Waals surface area contributed by atoms with Crippen LogP contribution in [0.4, 0.5) is 22.0 Å². The lowest BCUT2D eigenvalue weighted by atomic mass is 9.98. The van der Waals surface area contributed by atoms with Gasteiger partial charge >= 0.3 is 6.18 Å². The Kier molecular flexibility index (Phi) is 12.4. The molecule has 0 aliphatic rings. The lowest BCUT2D eigenvalue weighted by Crippen LogP contribution is -2.27. The fourth-order valence-corrected chi connectivity index (χ4v) is 7.42. The number of hydrogen-bond donors (Lipinski definition) is 0. The molecule has 1 nitrogen and oxygen atoms in total. The average molecular weight is 591 g/mol. The quantitative estimate of drug-likeness (QED) is 0.0916. The molecule has 224 valence electrons. The van der Waals surface area contributed by atoms with Crippen LogP contribution in [0.15, 0.2) is 60.7 Å². The second-order valence-corrected chi connectivity index (χ2v) is 17.1. The number of halogens is 5. The Morgan fingerprint density at radius 3 is 1.90 bits per heavy atom. The predicted molar refractivity (Wildman–Crippen MR) is 162 cm³/mol. The summed E-state index contributed by atoms with van der Waals surface area (Å²) >= 11 is 0. The SMILES string of the molecule is CCCCCCCc1ccc(-c2ccc(-c3ccc(OCCCC[Si](C)(C)CCC(F)(F)F)c(F)c3F)cc2)cc1. The van der Waals surface area contributed by atoms with Crippen molar-refractivity contribution in [1.29, 1.82) is 0 Å². The first-order valence-corrected chi connectivity index (χ1v) is 18.3. The summed E-state index contributed by atoms with van der Waals surface area (Å²) in [6.45, 7) is 6.31. The number of rotatable bonds is 16. The van der Waals surface area contributed by atoms with Crippen molar-refractivity contribution in [3.05, 3.63) is 77.9 Å². The fraction of sp³-hybridized carbons (Fsp3) is 0.471. The summed E-state index contributed by atoms with van der Waals surface area (Å²) in [5, 5.41) is 0. The highest BCUT2D eigenvalue weighted by Gasteiger charge is 2.31. The topological polar surface area (TPSA) is 9.23 Å². The fourth-order valence-electron chi connectivity index (χ4n) is 5.00.